The third kappa shape index (κ3) is 2.13. The van der Waals surface area contributed by atoms with Crippen molar-refractivity contribution in [2.75, 3.05) is 6.54 Å². The van der Waals surface area contributed by atoms with Crippen LogP contribution in [0.2, 0.25) is 5.02 Å². The Morgan fingerprint density at radius 3 is 2.70 bits per heavy atom. The van der Waals surface area contributed by atoms with Gasteiger partial charge in [-0.15, -0.1) is 0 Å². The molecule has 1 aromatic heterocycles. The highest BCUT2D eigenvalue weighted by Gasteiger charge is 2.25. The molecule has 3 nitrogen and oxygen atoms in total. The van der Waals surface area contributed by atoms with E-state index in [4.69, 9.17) is 11.6 Å². The number of fused-ring (bicyclic) bond motifs is 3. The van der Waals surface area contributed by atoms with E-state index < -0.39 is 0 Å². The van der Waals surface area contributed by atoms with Crippen molar-refractivity contribution < 1.29 is 9.18 Å². The first-order valence-corrected chi connectivity index (χ1v) is 7.80. The largest absolute Gasteiger partial charge is 0.349 e. The fourth-order valence-corrected chi connectivity index (χ4v) is 3.57. The highest BCUT2D eigenvalue weighted by atomic mass is 35.5. The number of hydrogen-bond acceptors (Lipinski definition) is 1. The van der Waals surface area contributed by atoms with Gasteiger partial charge in [-0.3, -0.25) is 4.79 Å². The number of rotatable bonds is 1. The number of aryl methyl sites for hydroxylation is 1. The molecule has 116 valence electrons. The van der Waals surface area contributed by atoms with Crippen LogP contribution in [0, 0.1) is 12.7 Å². The van der Waals surface area contributed by atoms with Crippen molar-refractivity contribution in [1.82, 2.24) is 9.88 Å². The van der Waals surface area contributed by atoms with E-state index in [1.54, 1.807) is 12.1 Å². The summed E-state index contributed by atoms with van der Waals surface area (Å²) in [5.74, 6) is -0.342. The van der Waals surface area contributed by atoms with E-state index >= 15 is 0 Å². The lowest BCUT2D eigenvalue weighted by atomic mass is 10.0. The number of halogens is 2. The summed E-state index contributed by atoms with van der Waals surface area (Å²) in [7, 11) is 0. The lowest BCUT2D eigenvalue weighted by Gasteiger charge is -2.18. The van der Waals surface area contributed by atoms with E-state index in [0.717, 1.165) is 27.6 Å². The van der Waals surface area contributed by atoms with Crippen molar-refractivity contribution in [2.24, 2.45) is 0 Å². The van der Waals surface area contributed by atoms with E-state index in [1.165, 1.54) is 12.1 Å². The van der Waals surface area contributed by atoms with Crippen molar-refractivity contribution in [3.63, 3.8) is 0 Å². The maximum Gasteiger partial charge on any atom is 0.268 e. The maximum atomic E-state index is 13.2. The number of carbonyl (C=O) groups excluding carboxylic acids is 1. The molecule has 0 radical (unpaired) electrons. The van der Waals surface area contributed by atoms with Gasteiger partial charge in [0.25, 0.3) is 5.91 Å². The second-order valence-corrected chi connectivity index (χ2v) is 6.17. The van der Waals surface area contributed by atoms with Crippen LogP contribution >= 0.6 is 11.6 Å². The van der Waals surface area contributed by atoms with E-state index in [1.807, 2.05) is 23.6 Å². The fraction of sp³-hybridized carbons (Fsp3) is 0.167. The molecule has 4 rings (SSSR count). The lowest BCUT2D eigenvalue weighted by Crippen LogP contribution is -2.35. The summed E-state index contributed by atoms with van der Waals surface area (Å²) in [6.07, 6.45) is 0. The molecule has 0 bridgehead atoms. The molecule has 1 N–H and O–H groups in total. The Labute approximate surface area is 137 Å². The van der Waals surface area contributed by atoms with Crippen molar-refractivity contribution in [1.29, 1.82) is 0 Å². The summed E-state index contributed by atoms with van der Waals surface area (Å²) in [6.45, 7) is 3.24. The zero-order valence-corrected chi connectivity index (χ0v) is 13.2. The first-order chi connectivity index (χ1) is 11.1. The average molecular weight is 329 g/mol. The molecule has 0 spiro atoms. The minimum atomic E-state index is -0.278. The minimum Gasteiger partial charge on any atom is -0.349 e. The number of aromatic nitrogens is 1. The molecule has 0 saturated heterocycles. The number of amides is 1. The highest BCUT2D eigenvalue weighted by Crippen LogP contribution is 2.37. The maximum absolute atomic E-state index is 13.2. The van der Waals surface area contributed by atoms with Gasteiger partial charge in [0, 0.05) is 29.1 Å². The summed E-state index contributed by atoms with van der Waals surface area (Å²) >= 11 is 6.29. The number of nitrogens with one attached hydrogen (secondary N) is 1. The summed E-state index contributed by atoms with van der Waals surface area (Å²) < 4.78 is 15.3. The molecule has 2 heterocycles. The van der Waals surface area contributed by atoms with Crippen LogP contribution in [0.4, 0.5) is 4.39 Å². The Balaban J connectivity index is 2.10. The number of carbonyl (C=O) groups is 1. The first-order valence-electron chi connectivity index (χ1n) is 7.43. The second kappa shape index (κ2) is 5.10. The second-order valence-electron chi connectivity index (χ2n) is 5.74. The van der Waals surface area contributed by atoms with Crippen molar-refractivity contribution in [3.05, 3.63) is 58.5 Å². The molecule has 0 unspecified atom stereocenters. The van der Waals surface area contributed by atoms with E-state index in [0.29, 0.717) is 23.8 Å². The SMILES string of the molecule is Cc1c2n(c3c(-c4ccc(F)cc4)cc(Cl)cc13)CCNC2=O. The topological polar surface area (TPSA) is 34.0 Å². The van der Waals surface area contributed by atoms with Crippen molar-refractivity contribution in [3.8, 4) is 11.1 Å². The monoisotopic (exact) mass is 328 g/mol. The van der Waals surface area contributed by atoms with Crippen LogP contribution in [-0.4, -0.2) is 17.0 Å². The molecular weight excluding hydrogens is 315 g/mol. The molecule has 1 aliphatic rings. The average Bonchev–Trinajstić information content (AvgIpc) is 2.82. The first kappa shape index (κ1) is 14.3. The number of nitrogens with zero attached hydrogens (tertiary/aromatic N) is 1. The van der Waals surface area contributed by atoms with Gasteiger partial charge in [0.2, 0.25) is 0 Å². The van der Waals surface area contributed by atoms with Gasteiger partial charge in [0.15, 0.2) is 0 Å². The van der Waals surface area contributed by atoms with Gasteiger partial charge >= 0.3 is 0 Å². The van der Waals surface area contributed by atoms with Gasteiger partial charge < -0.3 is 9.88 Å². The van der Waals surface area contributed by atoms with Gasteiger partial charge in [0.1, 0.15) is 11.5 Å². The quantitative estimate of drug-likeness (QED) is 0.715. The number of benzene rings is 2. The zero-order chi connectivity index (χ0) is 16.1. The van der Waals surface area contributed by atoms with Gasteiger partial charge in [-0.25, -0.2) is 4.39 Å². The molecule has 0 fully saturated rings. The summed E-state index contributed by atoms with van der Waals surface area (Å²) in [5, 5.41) is 4.44. The molecule has 0 aliphatic carbocycles. The third-order valence-corrected chi connectivity index (χ3v) is 4.58. The molecule has 0 saturated carbocycles. The normalized spacial score (nSPS) is 14.0. The smallest absolute Gasteiger partial charge is 0.268 e. The Bertz CT molecular complexity index is 944. The van der Waals surface area contributed by atoms with Crippen molar-refractivity contribution >= 4 is 28.4 Å². The Morgan fingerprint density at radius 1 is 1.22 bits per heavy atom. The zero-order valence-electron chi connectivity index (χ0n) is 12.5. The van der Waals surface area contributed by atoms with Gasteiger partial charge in [0.05, 0.1) is 5.52 Å². The van der Waals surface area contributed by atoms with E-state index in [2.05, 4.69) is 5.32 Å². The van der Waals surface area contributed by atoms with Crippen molar-refractivity contribution in [2.45, 2.75) is 13.5 Å². The molecule has 0 atom stereocenters. The number of hydrogen-bond donors (Lipinski definition) is 1. The summed E-state index contributed by atoms with van der Waals surface area (Å²) in [6, 6.07) is 10.1. The van der Waals surface area contributed by atoms with Crippen LogP contribution in [-0.2, 0) is 6.54 Å². The van der Waals surface area contributed by atoms with Gasteiger partial charge in [-0.05, 0) is 42.3 Å². The molecule has 3 aromatic rings. The van der Waals surface area contributed by atoms with Crippen LogP contribution in [0.25, 0.3) is 22.0 Å². The van der Waals surface area contributed by atoms with E-state index in [-0.39, 0.29) is 11.7 Å². The highest BCUT2D eigenvalue weighted by molar-refractivity contribution is 6.32. The van der Waals surface area contributed by atoms with Crippen LogP contribution in [0.1, 0.15) is 16.1 Å². The Kier molecular flexibility index (Phi) is 3.16. The standard InChI is InChI=1S/C18H14ClFN2O/c1-10-14-8-12(19)9-15(11-2-4-13(20)5-3-11)17(14)22-7-6-21-18(23)16(10)22/h2-5,8-9H,6-7H2,1H3,(H,21,23). The molecule has 1 amide bonds. The predicted octanol–water partition coefficient (Wildman–Crippen LogP) is 4.15. The van der Waals surface area contributed by atoms with Crippen LogP contribution in [0.15, 0.2) is 36.4 Å². The fourth-order valence-electron chi connectivity index (χ4n) is 3.35. The summed E-state index contributed by atoms with van der Waals surface area (Å²) in [5.41, 5.74) is 4.37. The van der Waals surface area contributed by atoms with Crippen LogP contribution in [0.3, 0.4) is 0 Å². The van der Waals surface area contributed by atoms with Gasteiger partial charge in [-0.1, -0.05) is 23.7 Å². The molecule has 2 aromatic carbocycles. The van der Waals surface area contributed by atoms with Crippen LogP contribution in [0.5, 0.6) is 0 Å². The lowest BCUT2D eigenvalue weighted by molar-refractivity contribution is 0.0928. The third-order valence-electron chi connectivity index (χ3n) is 4.37. The van der Waals surface area contributed by atoms with E-state index in [9.17, 15) is 9.18 Å². The molecular formula is C18H14ClFN2O. The summed E-state index contributed by atoms with van der Waals surface area (Å²) in [4.78, 5) is 12.2. The predicted molar refractivity (Wildman–Crippen MR) is 89.4 cm³/mol. The molecule has 5 heteroatoms. The van der Waals surface area contributed by atoms with Crippen LogP contribution < -0.4 is 5.32 Å². The van der Waals surface area contributed by atoms with Gasteiger partial charge in [-0.2, -0.15) is 0 Å². The Hall–Kier alpha value is -2.33. The Morgan fingerprint density at radius 2 is 1.96 bits per heavy atom. The minimum absolute atomic E-state index is 0.0638. The molecule has 1 aliphatic heterocycles. The molecule has 23 heavy (non-hydrogen) atoms.